The molecule has 0 aliphatic heterocycles. The Bertz CT molecular complexity index is 336. The first-order valence-electron chi connectivity index (χ1n) is 5.57. The zero-order valence-corrected chi connectivity index (χ0v) is 9.79. The molecule has 0 fully saturated rings. The summed E-state index contributed by atoms with van der Waals surface area (Å²) in [6.45, 7) is 4.30. The monoisotopic (exact) mass is 225 g/mol. The third-order valence-corrected chi connectivity index (χ3v) is 2.33. The molecule has 1 aromatic rings. The summed E-state index contributed by atoms with van der Waals surface area (Å²) >= 11 is 0. The molecule has 0 spiro atoms. The van der Waals surface area contributed by atoms with Gasteiger partial charge < -0.3 is 11.1 Å². The second kappa shape index (κ2) is 6.22. The van der Waals surface area contributed by atoms with Gasteiger partial charge in [0.15, 0.2) is 0 Å². The molecule has 0 aliphatic carbocycles. The Hall–Kier alpha value is -1.43. The van der Waals surface area contributed by atoms with E-state index in [1.54, 1.807) is 6.92 Å². The van der Waals surface area contributed by atoms with E-state index in [0.717, 1.165) is 19.3 Å². The van der Waals surface area contributed by atoms with E-state index < -0.39 is 0 Å². The van der Waals surface area contributed by atoms with Crippen molar-refractivity contribution in [2.45, 2.75) is 39.2 Å². The molecule has 0 bridgehead atoms. The number of hydrogen-bond donors (Lipinski definition) is 3. The Balaban J connectivity index is 2.48. The molecule has 6 nitrogen and oxygen atoms in total. The molecule has 1 aromatic heterocycles. The minimum absolute atomic E-state index is 0.00579. The van der Waals surface area contributed by atoms with Crippen LogP contribution in [0.25, 0.3) is 0 Å². The van der Waals surface area contributed by atoms with Crippen molar-refractivity contribution in [3.63, 3.8) is 0 Å². The van der Waals surface area contributed by atoms with E-state index in [1.807, 2.05) is 0 Å². The molecule has 16 heavy (non-hydrogen) atoms. The van der Waals surface area contributed by atoms with Crippen LogP contribution in [0, 0.1) is 6.92 Å². The molecule has 0 aromatic carbocycles. The van der Waals surface area contributed by atoms with E-state index in [2.05, 4.69) is 27.4 Å². The van der Waals surface area contributed by atoms with E-state index in [-0.39, 0.29) is 17.8 Å². The van der Waals surface area contributed by atoms with Gasteiger partial charge >= 0.3 is 0 Å². The molecule has 4 N–H and O–H groups in total. The van der Waals surface area contributed by atoms with Crippen molar-refractivity contribution in [3.8, 4) is 0 Å². The van der Waals surface area contributed by atoms with Crippen molar-refractivity contribution in [1.29, 1.82) is 0 Å². The summed E-state index contributed by atoms with van der Waals surface area (Å²) in [6, 6.07) is 0.00579. The Morgan fingerprint density at radius 1 is 1.62 bits per heavy atom. The van der Waals surface area contributed by atoms with Gasteiger partial charge in [-0.05, 0) is 13.3 Å². The summed E-state index contributed by atoms with van der Waals surface area (Å²) in [7, 11) is 0. The third kappa shape index (κ3) is 3.62. The van der Waals surface area contributed by atoms with Crippen molar-refractivity contribution >= 4 is 5.91 Å². The van der Waals surface area contributed by atoms with Crippen LogP contribution in [0.15, 0.2) is 0 Å². The highest BCUT2D eigenvalue weighted by atomic mass is 16.2. The van der Waals surface area contributed by atoms with Gasteiger partial charge in [-0.15, -0.1) is 5.10 Å². The molecular weight excluding hydrogens is 206 g/mol. The number of aromatic nitrogens is 3. The maximum atomic E-state index is 11.7. The summed E-state index contributed by atoms with van der Waals surface area (Å²) in [5.41, 5.74) is 5.58. The van der Waals surface area contributed by atoms with Crippen molar-refractivity contribution in [3.05, 3.63) is 11.6 Å². The molecule has 6 heteroatoms. The van der Waals surface area contributed by atoms with Gasteiger partial charge in [0.1, 0.15) is 5.82 Å². The molecule has 90 valence electrons. The van der Waals surface area contributed by atoms with Crippen LogP contribution < -0.4 is 11.1 Å². The van der Waals surface area contributed by atoms with E-state index in [9.17, 15) is 4.79 Å². The molecule has 1 atom stereocenters. The molecule has 1 heterocycles. The van der Waals surface area contributed by atoms with E-state index >= 15 is 0 Å². The summed E-state index contributed by atoms with van der Waals surface area (Å²) in [5.74, 6) is 0.534. The summed E-state index contributed by atoms with van der Waals surface area (Å²) in [6.07, 6.45) is 3.03. The van der Waals surface area contributed by atoms with Gasteiger partial charge in [0, 0.05) is 12.6 Å². The lowest BCUT2D eigenvalue weighted by molar-refractivity contribution is 0.0925. The first-order chi connectivity index (χ1) is 7.67. The highest BCUT2D eigenvalue weighted by molar-refractivity contribution is 5.90. The predicted molar refractivity (Wildman–Crippen MR) is 61.0 cm³/mol. The number of amides is 1. The second-order valence-electron chi connectivity index (χ2n) is 3.79. The number of carbonyl (C=O) groups excluding carboxylic acids is 1. The highest BCUT2D eigenvalue weighted by Gasteiger charge is 2.15. The Kier molecular flexibility index (Phi) is 4.91. The molecule has 0 radical (unpaired) electrons. The summed E-state index contributed by atoms with van der Waals surface area (Å²) < 4.78 is 0. The minimum Gasteiger partial charge on any atom is -0.345 e. The lowest BCUT2D eigenvalue weighted by atomic mass is 10.1. The van der Waals surface area contributed by atoms with Crippen LogP contribution in [0.4, 0.5) is 0 Å². The number of nitrogens with two attached hydrogens (primary N) is 1. The fourth-order valence-electron chi connectivity index (χ4n) is 1.39. The van der Waals surface area contributed by atoms with Crippen LogP contribution in [0.1, 0.15) is 42.6 Å². The van der Waals surface area contributed by atoms with E-state index in [4.69, 9.17) is 5.73 Å². The molecule has 0 saturated heterocycles. The van der Waals surface area contributed by atoms with Gasteiger partial charge in [0.05, 0.1) is 0 Å². The van der Waals surface area contributed by atoms with Gasteiger partial charge in [-0.25, -0.2) is 4.98 Å². The SMILES string of the molecule is CCCCC(CN)NC(=O)c1n[nH]c(C)n1. The van der Waals surface area contributed by atoms with Crippen LogP contribution in [0.2, 0.25) is 0 Å². The molecular formula is C10H19N5O. The zero-order valence-electron chi connectivity index (χ0n) is 9.79. The zero-order chi connectivity index (χ0) is 12.0. The van der Waals surface area contributed by atoms with Crippen molar-refractivity contribution in [1.82, 2.24) is 20.5 Å². The largest absolute Gasteiger partial charge is 0.345 e. The first kappa shape index (κ1) is 12.6. The molecule has 0 saturated carbocycles. The minimum atomic E-state index is -0.268. The molecule has 1 rings (SSSR count). The number of nitrogens with one attached hydrogen (secondary N) is 2. The van der Waals surface area contributed by atoms with Crippen LogP contribution in [-0.4, -0.2) is 33.7 Å². The van der Waals surface area contributed by atoms with E-state index in [1.165, 1.54) is 0 Å². The predicted octanol–water partition coefficient (Wildman–Crippen LogP) is 0.360. The quantitative estimate of drug-likeness (QED) is 0.651. The lowest BCUT2D eigenvalue weighted by Gasteiger charge is -2.14. The number of unbranched alkanes of at least 4 members (excludes halogenated alkanes) is 1. The van der Waals surface area contributed by atoms with Crippen molar-refractivity contribution in [2.75, 3.05) is 6.54 Å². The Morgan fingerprint density at radius 3 is 2.88 bits per heavy atom. The van der Waals surface area contributed by atoms with Gasteiger partial charge in [-0.3, -0.25) is 9.89 Å². The van der Waals surface area contributed by atoms with Crippen molar-refractivity contribution < 1.29 is 4.79 Å². The number of aromatic amines is 1. The summed E-state index contributed by atoms with van der Waals surface area (Å²) in [4.78, 5) is 15.6. The maximum absolute atomic E-state index is 11.7. The van der Waals surface area contributed by atoms with Crippen LogP contribution in [-0.2, 0) is 0 Å². The maximum Gasteiger partial charge on any atom is 0.291 e. The van der Waals surface area contributed by atoms with Gasteiger partial charge in [-0.1, -0.05) is 19.8 Å². The number of H-pyrrole nitrogens is 1. The number of nitrogens with zero attached hydrogens (tertiary/aromatic N) is 2. The van der Waals surface area contributed by atoms with Gasteiger partial charge in [0.2, 0.25) is 5.82 Å². The number of carbonyl (C=O) groups is 1. The number of aryl methyl sites for hydroxylation is 1. The number of rotatable bonds is 6. The number of hydrogen-bond acceptors (Lipinski definition) is 4. The second-order valence-corrected chi connectivity index (χ2v) is 3.79. The molecule has 1 unspecified atom stereocenters. The lowest BCUT2D eigenvalue weighted by Crippen LogP contribution is -2.40. The fourth-order valence-corrected chi connectivity index (χ4v) is 1.39. The van der Waals surface area contributed by atoms with Crippen molar-refractivity contribution in [2.24, 2.45) is 5.73 Å². The first-order valence-corrected chi connectivity index (χ1v) is 5.57. The average Bonchev–Trinajstić information content (AvgIpc) is 2.70. The Morgan fingerprint density at radius 2 is 2.38 bits per heavy atom. The van der Waals surface area contributed by atoms with Crippen LogP contribution >= 0.6 is 0 Å². The molecule has 0 aliphatic rings. The highest BCUT2D eigenvalue weighted by Crippen LogP contribution is 2.00. The topological polar surface area (TPSA) is 96.7 Å². The third-order valence-electron chi connectivity index (χ3n) is 2.33. The van der Waals surface area contributed by atoms with Gasteiger partial charge in [0.25, 0.3) is 5.91 Å². The van der Waals surface area contributed by atoms with E-state index in [0.29, 0.717) is 12.4 Å². The normalized spacial score (nSPS) is 12.4. The Labute approximate surface area is 95.0 Å². The standard InChI is InChI=1S/C10H19N5O/c1-3-4-5-8(6-11)13-10(16)9-12-7(2)14-15-9/h8H,3-6,11H2,1-2H3,(H,13,16)(H,12,14,15). The molecule has 1 amide bonds. The summed E-state index contributed by atoms with van der Waals surface area (Å²) in [5, 5.41) is 9.25. The fraction of sp³-hybridized carbons (Fsp3) is 0.700. The van der Waals surface area contributed by atoms with Crippen LogP contribution in [0.5, 0.6) is 0 Å². The van der Waals surface area contributed by atoms with Crippen LogP contribution in [0.3, 0.4) is 0 Å². The average molecular weight is 225 g/mol. The smallest absolute Gasteiger partial charge is 0.291 e. The van der Waals surface area contributed by atoms with Gasteiger partial charge in [-0.2, -0.15) is 0 Å².